The summed E-state index contributed by atoms with van der Waals surface area (Å²) in [6.07, 6.45) is 3.66. The number of hydrogen-bond donors (Lipinski definition) is 1. The van der Waals surface area contributed by atoms with Gasteiger partial charge in [-0.1, -0.05) is 12.1 Å². The maximum Gasteiger partial charge on any atom is 0.264 e. The lowest BCUT2D eigenvalue weighted by Crippen LogP contribution is -2.40. The van der Waals surface area contributed by atoms with E-state index in [1.165, 1.54) is 49.2 Å². The van der Waals surface area contributed by atoms with Crippen LogP contribution in [0.25, 0.3) is 0 Å². The minimum atomic E-state index is -4.11. The van der Waals surface area contributed by atoms with E-state index in [2.05, 4.69) is 10.2 Å². The van der Waals surface area contributed by atoms with Crippen molar-refractivity contribution >= 4 is 27.3 Å². The summed E-state index contributed by atoms with van der Waals surface area (Å²) in [5, 5.41) is 2.81. The normalized spacial score (nSPS) is 13.7. The monoisotopic (exact) mass is 525 g/mol. The highest BCUT2D eigenvalue weighted by atomic mass is 32.2. The van der Waals surface area contributed by atoms with Crippen LogP contribution < -0.4 is 19.3 Å². The molecule has 9 heteroatoms. The van der Waals surface area contributed by atoms with E-state index in [1.807, 2.05) is 31.2 Å². The SMILES string of the molecule is CCOc1ccc(S(=O)(=O)N(CC(=O)NCc2ccc(N3CCCCC3)cc2)c2ccc(F)cc2)cc1. The van der Waals surface area contributed by atoms with E-state index in [4.69, 9.17) is 4.74 Å². The van der Waals surface area contributed by atoms with E-state index in [0.29, 0.717) is 12.4 Å². The van der Waals surface area contributed by atoms with Crippen LogP contribution in [0.2, 0.25) is 0 Å². The molecule has 7 nitrogen and oxygen atoms in total. The highest BCUT2D eigenvalue weighted by Gasteiger charge is 2.27. The first-order valence-corrected chi connectivity index (χ1v) is 13.9. The van der Waals surface area contributed by atoms with Gasteiger partial charge in [-0.25, -0.2) is 12.8 Å². The molecule has 0 atom stereocenters. The first-order chi connectivity index (χ1) is 17.9. The molecular formula is C28H32FN3O4S. The summed E-state index contributed by atoms with van der Waals surface area (Å²) >= 11 is 0. The first-order valence-electron chi connectivity index (χ1n) is 12.5. The smallest absolute Gasteiger partial charge is 0.264 e. The zero-order valence-corrected chi connectivity index (χ0v) is 21.7. The van der Waals surface area contributed by atoms with Gasteiger partial charge in [0, 0.05) is 25.3 Å². The molecule has 1 fully saturated rings. The fourth-order valence-electron chi connectivity index (χ4n) is 4.29. The van der Waals surface area contributed by atoms with Gasteiger partial charge in [-0.05, 0) is 92.4 Å². The molecule has 4 rings (SSSR count). The first kappa shape index (κ1) is 26.5. The Bertz CT molecular complexity index is 1270. The van der Waals surface area contributed by atoms with Gasteiger partial charge in [-0.3, -0.25) is 9.10 Å². The van der Waals surface area contributed by atoms with E-state index in [0.717, 1.165) is 35.1 Å². The van der Waals surface area contributed by atoms with Gasteiger partial charge in [0.25, 0.3) is 10.0 Å². The molecule has 1 N–H and O–H groups in total. The number of hydrogen-bond acceptors (Lipinski definition) is 5. The van der Waals surface area contributed by atoms with Crippen molar-refractivity contribution in [3.8, 4) is 5.75 Å². The number of piperidine rings is 1. The number of carbonyl (C=O) groups excluding carboxylic acids is 1. The van der Waals surface area contributed by atoms with Crippen LogP contribution in [0.3, 0.4) is 0 Å². The number of halogens is 1. The van der Waals surface area contributed by atoms with Crippen molar-refractivity contribution in [2.75, 3.05) is 35.4 Å². The molecule has 1 saturated heterocycles. The topological polar surface area (TPSA) is 79.0 Å². The van der Waals surface area contributed by atoms with Crippen LogP contribution in [0, 0.1) is 5.82 Å². The lowest BCUT2D eigenvalue weighted by molar-refractivity contribution is -0.119. The molecule has 0 radical (unpaired) electrons. The van der Waals surface area contributed by atoms with Gasteiger partial charge >= 0.3 is 0 Å². The predicted molar refractivity (Wildman–Crippen MR) is 143 cm³/mol. The summed E-state index contributed by atoms with van der Waals surface area (Å²) in [6, 6.07) is 19.0. The zero-order chi connectivity index (χ0) is 26.3. The van der Waals surface area contributed by atoms with Gasteiger partial charge in [-0.15, -0.1) is 0 Å². The number of benzene rings is 3. The third kappa shape index (κ3) is 6.80. The Balaban J connectivity index is 1.46. The minimum absolute atomic E-state index is 0.00128. The maximum atomic E-state index is 13.5. The van der Waals surface area contributed by atoms with E-state index >= 15 is 0 Å². The summed E-state index contributed by atoms with van der Waals surface area (Å²) in [5.74, 6) is -0.433. The van der Waals surface area contributed by atoms with Crippen molar-refractivity contribution in [1.29, 1.82) is 0 Å². The molecule has 1 aliphatic rings. The van der Waals surface area contributed by atoms with Crippen LogP contribution in [-0.2, 0) is 21.4 Å². The molecular weight excluding hydrogens is 493 g/mol. The van der Waals surface area contributed by atoms with E-state index in [-0.39, 0.29) is 17.1 Å². The molecule has 0 unspecified atom stereocenters. The van der Waals surface area contributed by atoms with Crippen LogP contribution in [-0.4, -0.2) is 40.6 Å². The minimum Gasteiger partial charge on any atom is -0.494 e. The Morgan fingerprint density at radius 1 is 0.946 bits per heavy atom. The summed E-state index contributed by atoms with van der Waals surface area (Å²) in [7, 11) is -4.11. The quantitative estimate of drug-likeness (QED) is 0.414. The zero-order valence-electron chi connectivity index (χ0n) is 20.9. The van der Waals surface area contributed by atoms with Gasteiger partial charge in [0.2, 0.25) is 5.91 Å². The summed E-state index contributed by atoms with van der Waals surface area (Å²) in [5.41, 5.74) is 2.27. The second-order valence-electron chi connectivity index (χ2n) is 8.88. The van der Waals surface area contributed by atoms with Gasteiger partial charge in [-0.2, -0.15) is 0 Å². The number of rotatable bonds is 10. The van der Waals surface area contributed by atoms with E-state index < -0.39 is 28.3 Å². The number of anilines is 2. The summed E-state index contributed by atoms with van der Waals surface area (Å²) in [4.78, 5) is 15.2. The van der Waals surface area contributed by atoms with Gasteiger partial charge in [0.05, 0.1) is 17.2 Å². The Morgan fingerprint density at radius 3 is 2.22 bits per heavy atom. The second-order valence-corrected chi connectivity index (χ2v) is 10.7. The highest BCUT2D eigenvalue weighted by molar-refractivity contribution is 7.92. The molecule has 1 heterocycles. The molecule has 0 aromatic heterocycles. The number of nitrogens with one attached hydrogen (secondary N) is 1. The number of ether oxygens (including phenoxy) is 1. The molecule has 0 saturated carbocycles. The molecule has 0 aliphatic carbocycles. The lowest BCUT2D eigenvalue weighted by Gasteiger charge is -2.28. The average Bonchev–Trinajstić information content (AvgIpc) is 2.92. The predicted octanol–water partition coefficient (Wildman–Crippen LogP) is 4.73. The van der Waals surface area contributed by atoms with Crippen molar-refractivity contribution < 1.29 is 22.3 Å². The molecule has 0 bridgehead atoms. The van der Waals surface area contributed by atoms with Gasteiger partial charge in [0.1, 0.15) is 18.1 Å². The van der Waals surface area contributed by atoms with Crippen LogP contribution >= 0.6 is 0 Å². The molecule has 3 aromatic rings. The van der Waals surface area contributed by atoms with Crippen LogP contribution in [0.4, 0.5) is 15.8 Å². The van der Waals surface area contributed by atoms with Crippen molar-refractivity contribution in [3.05, 3.63) is 84.2 Å². The van der Waals surface area contributed by atoms with Gasteiger partial charge < -0.3 is 15.0 Å². The molecule has 37 heavy (non-hydrogen) atoms. The number of sulfonamides is 1. The third-order valence-electron chi connectivity index (χ3n) is 6.27. The van der Waals surface area contributed by atoms with Crippen molar-refractivity contribution in [2.45, 2.75) is 37.6 Å². The second kappa shape index (κ2) is 12.1. The third-order valence-corrected chi connectivity index (χ3v) is 8.06. The highest BCUT2D eigenvalue weighted by Crippen LogP contribution is 2.26. The van der Waals surface area contributed by atoms with Crippen molar-refractivity contribution in [3.63, 3.8) is 0 Å². The molecule has 3 aromatic carbocycles. The Labute approximate surface area is 217 Å². The molecule has 0 spiro atoms. The van der Waals surface area contributed by atoms with E-state index in [1.54, 1.807) is 12.1 Å². The number of carbonyl (C=O) groups is 1. The Morgan fingerprint density at radius 2 is 1.59 bits per heavy atom. The van der Waals surface area contributed by atoms with Gasteiger partial charge in [0.15, 0.2) is 0 Å². The lowest BCUT2D eigenvalue weighted by atomic mass is 10.1. The number of amides is 1. The Hall–Kier alpha value is -3.59. The molecule has 1 aliphatic heterocycles. The molecule has 196 valence electrons. The van der Waals surface area contributed by atoms with Crippen LogP contribution in [0.1, 0.15) is 31.7 Å². The Kier molecular flexibility index (Phi) is 8.66. The summed E-state index contributed by atoms with van der Waals surface area (Å²) < 4.78 is 46.9. The number of nitrogens with zero attached hydrogens (tertiary/aromatic N) is 2. The van der Waals surface area contributed by atoms with Crippen LogP contribution in [0.15, 0.2) is 77.7 Å². The average molecular weight is 526 g/mol. The van der Waals surface area contributed by atoms with E-state index in [9.17, 15) is 17.6 Å². The fourth-order valence-corrected chi connectivity index (χ4v) is 5.71. The largest absolute Gasteiger partial charge is 0.494 e. The fraction of sp³-hybridized carbons (Fsp3) is 0.321. The maximum absolute atomic E-state index is 13.5. The van der Waals surface area contributed by atoms with Crippen molar-refractivity contribution in [1.82, 2.24) is 5.32 Å². The summed E-state index contributed by atoms with van der Waals surface area (Å²) in [6.45, 7) is 4.21. The van der Waals surface area contributed by atoms with Crippen molar-refractivity contribution in [2.24, 2.45) is 0 Å². The standard InChI is InChI=1S/C28H32FN3O4S/c1-2-36-26-14-16-27(17-15-26)37(34,35)32(25-12-8-23(29)9-13-25)21-28(33)30-20-22-6-10-24(11-7-22)31-18-4-3-5-19-31/h6-17H,2-5,18-21H2,1H3,(H,30,33). The molecule has 1 amide bonds. The van der Waals surface area contributed by atoms with Crippen LogP contribution in [0.5, 0.6) is 5.75 Å².